The third-order valence-corrected chi connectivity index (χ3v) is 6.16. The molecule has 0 radical (unpaired) electrons. The first kappa shape index (κ1) is 20.2. The number of nitrogens with one attached hydrogen (secondary N) is 1. The van der Waals surface area contributed by atoms with E-state index in [2.05, 4.69) is 5.32 Å². The summed E-state index contributed by atoms with van der Waals surface area (Å²) in [4.78, 5) is 24.4. The minimum Gasteiger partial charge on any atom is -0.385 e. The molecule has 1 aromatic carbocycles. The highest BCUT2D eigenvalue weighted by Gasteiger charge is 2.33. The van der Waals surface area contributed by atoms with E-state index >= 15 is 0 Å². The first-order valence-electron chi connectivity index (χ1n) is 8.80. The number of non-ortho nitro benzene ring substituents is 1. The standard InChI is InChI=1S/C17H25N3O5S/c1-2-11-19(16-9-12-26(24,25)13-16)17(21)4-3-10-18-14-5-7-15(8-6-14)20(22)23/h5-8,16,18H,2-4,9-13H2,1H3. The maximum atomic E-state index is 12.5. The lowest BCUT2D eigenvalue weighted by Crippen LogP contribution is -2.41. The second-order valence-corrected chi connectivity index (χ2v) is 8.71. The van der Waals surface area contributed by atoms with Gasteiger partial charge in [-0.05, 0) is 31.4 Å². The number of sulfone groups is 1. The lowest BCUT2D eigenvalue weighted by Gasteiger charge is -2.28. The Morgan fingerprint density at radius 1 is 1.35 bits per heavy atom. The number of hydrogen-bond acceptors (Lipinski definition) is 6. The lowest BCUT2D eigenvalue weighted by atomic mass is 10.1. The Morgan fingerprint density at radius 3 is 2.58 bits per heavy atom. The highest BCUT2D eigenvalue weighted by Crippen LogP contribution is 2.20. The maximum Gasteiger partial charge on any atom is 0.269 e. The molecular formula is C17H25N3O5S. The average molecular weight is 383 g/mol. The molecule has 1 unspecified atom stereocenters. The Bertz CT molecular complexity index is 733. The van der Waals surface area contributed by atoms with Gasteiger partial charge in [0.05, 0.1) is 16.4 Å². The molecule has 1 aliphatic heterocycles. The molecule has 1 aliphatic rings. The van der Waals surface area contributed by atoms with Crippen LogP contribution in [0.3, 0.4) is 0 Å². The topological polar surface area (TPSA) is 110 Å². The van der Waals surface area contributed by atoms with Crippen molar-refractivity contribution in [2.45, 2.75) is 38.6 Å². The monoisotopic (exact) mass is 383 g/mol. The van der Waals surface area contributed by atoms with E-state index in [1.165, 1.54) is 12.1 Å². The Labute approximate surface area is 153 Å². The van der Waals surface area contributed by atoms with Gasteiger partial charge < -0.3 is 10.2 Å². The second kappa shape index (κ2) is 8.98. The summed E-state index contributed by atoms with van der Waals surface area (Å²) in [6, 6.07) is 5.92. The van der Waals surface area contributed by atoms with Gasteiger partial charge >= 0.3 is 0 Å². The summed E-state index contributed by atoms with van der Waals surface area (Å²) in [5, 5.41) is 13.7. The van der Waals surface area contributed by atoms with Crippen LogP contribution in [0.25, 0.3) is 0 Å². The van der Waals surface area contributed by atoms with Crippen molar-refractivity contribution in [1.29, 1.82) is 0 Å². The third-order valence-electron chi connectivity index (χ3n) is 4.41. The molecule has 2 rings (SSSR count). The van der Waals surface area contributed by atoms with E-state index in [9.17, 15) is 23.3 Å². The summed E-state index contributed by atoms with van der Waals surface area (Å²) in [7, 11) is -3.02. The molecule has 144 valence electrons. The summed E-state index contributed by atoms with van der Waals surface area (Å²) < 4.78 is 23.3. The number of nitro groups is 1. The zero-order valence-corrected chi connectivity index (χ0v) is 15.7. The van der Waals surface area contributed by atoms with Crippen LogP contribution in [0.1, 0.15) is 32.6 Å². The van der Waals surface area contributed by atoms with Crippen molar-refractivity contribution in [2.75, 3.05) is 29.9 Å². The van der Waals surface area contributed by atoms with Crippen molar-refractivity contribution in [3.63, 3.8) is 0 Å². The summed E-state index contributed by atoms with van der Waals surface area (Å²) >= 11 is 0. The fraction of sp³-hybridized carbons (Fsp3) is 0.588. The molecule has 9 heteroatoms. The average Bonchev–Trinajstić information content (AvgIpc) is 2.96. The molecule has 0 spiro atoms. The molecule has 0 saturated carbocycles. The van der Waals surface area contributed by atoms with Crippen molar-refractivity contribution in [3.05, 3.63) is 34.4 Å². The van der Waals surface area contributed by atoms with Crippen molar-refractivity contribution in [2.24, 2.45) is 0 Å². The summed E-state index contributed by atoms with van der Waals surface area (Å²) in [5.41, 5.74) is 0.794. The van der Waals surface area contributed by atoms with E-state index in [-0.39, 0.29) is 29.1 Å². The smallest absolute Gasteiger partial charge is 0.269 e. The van der Waals surface area contributed by atoms with E-state index in [0.717, 1.165) is 12.1 Å². The number of carbonyl (C=O) groups is 1. The van der Waals surface area contributed by atoms with Crippen molar-refractivity contribution in [1.82, 2.24) is 4.90 Å². The highest BCUT2D eigenvalue weighted by molar-refractivity contribution is 7.91. The van der Waals surface area contributed by atoms with E-state index in [0.29, 0.717) is 32.4 Å². The van der Waals surface area contributed by atoms with Crippen LogP contribution in [-0.4, -0.2) is 54.8 Å². The highest BCUT2D eigenvalue weighted by atomic mass is 32.2. The molecule has 1 heterocycles. The summed E-state index contributed by atoms with van der Waals surface area (Å²) in [5.74, 6) is 0.214. The van der Waals surface area contributed by atoms with E-state index in [1.54, 1.807) is 17.0 Å². The van der Waals surface area contributed by atoms with Gasteiger partial charge in [0.15, 0.2) is 9.84 Å². The molecule has 1 aromatic rings. The minimum absolute atomic E-state index is 0.0144. The van der Waals surface area contributed by atoms with E-state index in [4.69, 9.17) is 0 Å². The molecule has 0 aliphatic carbocycles. The number of nitro benzene ring substituents is 1. The van der Waals surface area contributed by atoms with Gasteiger partial charge in [0.1, 0.15) is 0 Å². The molecule has 1 fully saturated rings. The van der Waals surface area contributed by atoms with Gasteiger partial charge in [-0.25, -0.2) is 8.42 Å². The molecule has 8 nitrogen and oxygen atoms in total. The zero-order valence-electron chi connectivity index (χ0n) is 14.9. The van der Waals surface area contributed by atoms with Gasteiger partial charge in [0.2, 0.25) is 5.91 Å². The molecule has 1 amide bonds. The summed E-state index contributed by atoms with van der Waals surface area (Å²) in [6.45, 7) is 3.11. The van der Waals surface area contributed by atoms with Gasteiger partial charge in [0.25, 0.3) is 5.69 Å². The molecule has 26 heavy (non-hydrogen) atoms. The van der Waals surface area contributed by atoms with Crippen LogP contribution in [-0.2, 0) is 14.6 Å². The van der Waals surface area contributed by atoms with Gasteiger partial charge in [-0.2, -0.15) is 0 Å². The predicted molar refractivity (Wildman–Crippen MR) is 99.9 cm³/mol. The van der Waals surface area contributed by atoms with Crippen LogP contribution in [0.15, 0.2) is 24.3 Å². The van der Waals surface area contributed by atoms with E-state index in [1.807, 2.05) is 6.92 Å². The Hall–Kier alpha value is -2.16. The van der Waals surface area contributed by atoms with Gasteiger partial charge in [-0.1, -0.05) is 6.92 Å². The fourth-order valence-electron chi connectivity index (χ4n) is 3.09. The molecular weight excluding hydrogens is 358 g/mol. The maximum absolute atomic E-state index is 12.5. The van der Waals surface area contributed by atoms with Crippen LogP contribution in [0.4, 0.5) is 11.4 Å². The third kappa shape index (κ3) is 5.69. The molecule has 0 aromatic heterocycles. The Morgan fingerprint density at radius 2 is 2.04 bits per heavy atom. The van der Waals surface area contributed by atoms with Gasteiger partial charge in [-0.15, -0.1) is 0 Å². The first-order chi connectivity index (χ1) is 12.3. The molecule has 0 bridgehead atoms. The second-order valence-electron chi connectivity index (χ2n) is 6.48. The first-order valence-corrected chi connectivity index (χ1v) is 10.6. The quantitative estimate of drug-likeness (QED) is 0.398. The number of anilines is 1. The van der Waals surface area contributed by atoms with Crippen LogP contribution < -0.4 is 5.32 Å². The normalized spacial score (nSPS) is 18.4. The number of rotatable bonds is 9. The van der Waals surface area contributed by atoms with Gasteiger partial charge in [-0.3, -0.25) is 14.9 Å². The lowest BCUT2D eigenvalue weighted by molar-refractivity contribution is -0.384. The van der Waals surface area contributed by atoms with Crippen LogP contribution in [0.2, 0.25) is 0 Å². The number of benzene rings is 1. The number of hydrogen-bond donors (Lipinski definition) is 1. The fourth-order valence-corrected chi connectivity index (χ4v) is 4.82. The Balaban J connectivity index is 1.79. The van der Waals surface area contributed by atoms with Crippen LogP contribution in [0, 0.1) is 10.1 Å². The molecule has 1 N–H and O–H groups in total. The predicted octanol–water partition coefficient (Wildman–Crippen LogP) is 2.21. The van der Waals surface area contributed by atoms with Gasteiger partial charge in [0, 0.05) is 43.4 Å². The van der Waals surface area contributed by atoms with Crippen molar-refractivity contribution < 1.29 is 18.1 Å². The largest absolute Gasteiger partial charge is 0.385 e. The van der Waals surface area contributed by atoms with Crippen LogP contribution >= 0.6 is 0 Å². The number of carbonyl (C=O) groups excluding carboxylic acids is 1. The molecule has 1 atom stereocenters. The summed E-state index contributed by atoms with van der Waals surface area (Å²) in [6.07, 6.45) is 2.27. The SMILES string of the molecule is CCCN(C(=O)CCCNc1ccc([N+](=O)[O-])cc1)C1CCS(=O)(=O)C1. The Kier molecular flexibility index (Phi) is 6.96. The number of nitrogens with zero attached hydrogens (tertiary/aromatic N) is 2. The minimum atomic E-state index is -3.02. The molecule has 1 saturated heterocycles. The van der Waals surface area contributed by atoms with Crippen LogP contribution in [0.5, 0.6) is 0 Å². The van der Waals surface area contributed by atoms with Crippen molar-refractivity contribution >= 4 is 27.1 Å². The van der Waals surface area contributed by atoms with Crippen molar-refractivity contribution in [3.8, 4) is 0 Å². The zero-order chi connectivity index (χ0) is 19.2. The number of amides is 1. The van der Waals surface area contributed by atoms with E-state index < -0.39 is 14.8 Å².